The van der Waals surface area contributed by atoms with Crippen LogP contribution in [0.15, 0.2) is 18.2 Å². The van der Waals surface area contributed by atoms with E-state index in [-0.39, 0.29) is 36.4 Å². The van der Waals surface area contributed by atoms with Crippen LogP contribution in [0.4, 0.5) is 0 Å². The van der Waals surface area contributed by atoms with Crippen LogP contribution >= 0.6 is 0 Å². The molecule has 1 rings (SSSR count). The fourth-order valence-corrected chi connectivity index (χ4v) is 2.09. The number of rotatable bonds is 7. The highest BCUT2D eigenvalue weighted by molar-refractivity contribution is 5.84. The zero-order valence-electron chi connectivity index (χ0n) is 13.1. The Morgan fingerprint density at radius 3 is 2.55 bits per heavy atom. The summed E-state index contributed by atoms with van der Waals surface area (Å²) in [6.07, 6.45) is 0.741. The second-order valence-electron chi connectivity index (χ2n) is 5.22. The number of carbonyl (C=O) groups is 2. The second kappa shape index (κ2) is 8.26. The molecular formula is C16H23NO5. The number of phenolic OH excluding ortho intramolecular Hbond substituents is 2. The van der Waals surface area contributed by atoms with E-state index in [1.807, 2.05) is 6.92 Å². The van der Waals surface area contributed by atoms with Gasteiger partial charge in [-0.2, -0.15) is 0 Å². The number of hydrogen-bond acceptors (Lipinski definition) is 5. The lowest BCUT2D eigenvalue weighted by Crippen LogP contribution is -2.39. The van der Waals surface area contributed by atoms with E-state index in [2.05, 4.69) is 5.32 Å². The lowest BCUT2D eigenvalue weighted by atomic mass is 9.95. The van der Waals surface area contributed by atoms with Crippen LogP contribution < -0.4 is 5.32 Å². The molecule has 0 aliphatic heterocycles. The molecule has 0 fully saturated rings. The molecule has 0 aromatic heterocycles. The monoisotopic (exact) mass is 309 g/mol. The number of esters is 1. The number of hydrogen-bond donors (Lipinski definition) is 3. The van der Waals surface area contributed by atoms with Gasteiger partial charge >= 0.3 is 5.97 Å². The molecule has 0 bridgehead atoms. The molecule has 0 aliphatic rings. The predicted octanol–water partition coefficient (Wildman–Crippen LogP) is 2.05. The number of nitrogens with one attached hydrogen (secondary N) is 1. The molecule has 22 heavy (non-hydrogen) atoms. The maximum Gasteiger partial charge on any atom is 0.328 e. The quantitative estimate of drug-likeness (QED) is 0.670. The van der Waals surface area contributed by atoms with Crippen molar-refractivity contribution in [1.82, 2.24) is 5.32 Å². The average molecular weight is 309 g/mol. The fraction of sp³-hybridized carbons (Fsp3) is 0.500. The van der Waals surface area contributed by atoms with Crippen molar-refractivity contribution in [1.29, 1.82) is 0 Å². The summed E-state index contributed by atoms with van der Waals surface area (Å²) in [5.74, 6) is -0.753. The SMILES string of the molecule is CCOC(=O)[C@H](C)NC(=O)CCC(C)c1ccc(O)cc1O. The number of benzene rings is 1. The second-order valence-corrected chi connectivity index (χ2v) is 5.22. The molecule has 0 saturated carbocycles. The number of phenols is 2. The van der Waals surface area contributed by atoms with Gasteiger partial charge in [0.1, 0.15) is 17.5 Å². The van der Waals surface area contributed by atoms with Crippen LogP contribution in [0.2, 0.25) is 0 Å². The molecule has 1 aromatic carbocycles. The maximum absolute atomic E-state index is 11.8. The Kier molecular flexibility index (Phi) is 6.69. The summed E-state index contributed by atoms with van der Waals surface area (Å²) in [7, 11) is 0. The topological polar surface area (TPSA) is 95.9 Å². The minimum Gasteiger partial charge on any atom is -0.508 e. The normalized spacial score (nSPS) is 13.2. The molecule has 0 heterocycles. The van der Waals surface area contributed by atoms with Crippen molar-refractivity contribution in [3.63, 3.8) is 0 Å². The van der Waals surface area contributed by atoms with Crippen molar-refractivity contribution < 1.29 is 24.5 Å². The van der Waals surface area contributed by atoms with Gasteiger partial charge in [-0.1, -0.05) is 13.0 Å². The smallest absolute Gasteiger partial charge is 0.328 e. The van der Waals surface area contributed by atoms with Crippen LogP contribution in [0.5, 0.6) is 11.5 Å². The third-order valence-electron chi connectivity index (χ3n) is 3.37. The number of carbonyl (C=O) groups excluding carboxylic acids is 2. The molecule has 0 radical (unpaired) electrons. The van der Waals surface area contributed by atoms with E-state index in [4.69, 9.17) is 4.74 Å². The van der Waals surface area contributed by atoms with Gasteiger partial charge in [-0.3, -0.25) is 4.79 Å². The van der Waals surface area contributed by atoms with Gasteiger partial charge in [-0.15, -0.1) is 0 Å². The summed E-state index contributed by atoms with van der Waals surface area (Å²) in [5, 5.41) is 21.6. The van der Waals surface area contributed by atoms with E-state index < -0.39 is 12.0 Å². The minimum absolute atomic E-state index is 0.00513. The molecule has 3 N–H and O–H groups in total. The van der Waals surface area contributed by atoms with Crippen LogP contribution in [-0.4, -0.2) is 34.7 Å². The largest absolute Gasteiger partial charge is 0.508 e. The third-order valence-corrected chi connectivity index (χ3v) is 3.37. The molecule has 1 amide bonds. The lowest BCUT2D eigenvalue weighted by Gasteiger charge is -2.15. The van der Waals surface area contributed by atoms with Crippen molar-refractivity contribution in [3.05, 3.63) is 23.8 Å². The predicted molar refractivity (Wildman–Crippen MR) is 81.7 cm³/mol. The summed E-state index contributed by atoms with van der Waals surface area (Å²) in [6, 6.07) is 3.72. The van der Waals surface area contributed by atoms with E-state index in [1.165, 1.54) is 12.1 Å². The molecule has 122 valence electrons. The van der Waals surface area contributed by atoms with Gasteiger partial charge in [-0.25, -0.2) is 4.79 Å². The molecule has 6 nitrogen and oxygen atoms in total. The molecule has 0 saturated heterocycles. The Labute approximate surface area is 130 Å². The molecule has 0 spiro atoms. The average Bonchev–Trinajstić information content (AvgIpc) is 2.45. The fourth-order valence-electron chi connectivity index (χ4n) is 2.09. The van der Waals surface area contributed by atoms with Crippen LogP contribution in [0.3, 0.4) is 0 Å². The van der Waals surface area contributed by atoms with E-state index in [0.717, 1.165) is 0 Å². The first-order chi connectivity index (χ1) is 10.3. The van der Waals surface area contributed by atoms with Crippen molar-refractivity contribution in [2.75, 3.05) is 6.61 Å². The number of aromatic hydroxyl groups is 2. The Morgan fingerprint density at radius 1 is 1.27 bits per heavy atom. The highest BCUT2D eigenvalue weighted by Gasteiger charge is 2.18. The molecule has 1 unspecified atom stereocenters. The summed E-state index contributed by atoms with van der Waals surface area (Å²) < 4.78 is 4.82. The Balaban J connectivity index is 2.48. The van der Waals surface area contributed by atoms with Crippen LogP contribution in [0, 0.1) is 0 Å². The summed E-state index contributed by atoms with van der Waals surface area (Å²) >= 11 is 0. The van der Waals surface area contributed by atoms with Crippen molar-refractivity contribution >= 4 is 11.9 Å². The zero-order chi connectivity index (χ0) is 16.7. The van der Waals surface area contributed by atoms with E-state index in [0.29, 0.717) is 12.0 Å². The zero-order valence-corrected chi connectivity index (χ0v) is 13.1. The van der Waals surface area contributed by atoms with Gasteiger partial charge in [0.05, 0.1) is 6.61 Å². The Bertz CT molecular complexity index is 529. The van der Waals surface area contributed by atoms with Crippen molar-refractivity contribution in [3.8, 4) is 11.5 Å². The van der Waals surface area contributed by atoms with Gasteiger partial charge in [0, 0.05) is 12.5 Å². The molecule has 2 atom stereocenters. The summed E-state index contributed by atoms with van der Waals surface area (Å²) in [5.41, 5.74) is 0.670. The summed E-state index contributed by atoms with van der Waals surface area (Å²) in [6.45, 7) is 5.44. The summed E-state index contributed by atoms with van der Waals surface area (Å²) in [4.78, 5) is 23.2. The van der Waals surface area contributed by atoms with Gasteiger partial charge in [0.25, 0.3) is 0 Å². The minimum atomic E-state index is -0.676. The van der Waals surface area contributed by atoms with Crippen LogP contribution in [-0.2, 0) is 14.3 Å². The molecule has 6 heteroatoms. The van der Waals surface area contributed by atoms with E-state index in [1.54, 1.807) is 19.9 Å². The third kappa shape index (κ3) is 5.27. The lowest BCUT2D eigenvalue weighted by molar-refractivity contribution is -0.146. The standard InChI is InChI=1S/C16H23NO5/c1-4-22-16(21)11(3)17-15(20)8-5-10(2)13-7-6-12(18)9-14(13)19/h6-7,9-11,18-19H,4-5,8H2,1-3H3,(H,17,20)/t10?,11-/m0/s1. The molecule has 1 aromatic rings. The van der Waals surface area contributed by atoms with E-state index in [9.17, 15) is 19.8 Å². The van der Waals surface area contributed by atoms with Gasteiger partial charge in [0.15, 0.2) is 0 Å². The Hall–Kier alpha value is -2.24. The first kappa shape index (κ1) is 17.8. The van der Waals surface area contributed by atoms with Crippen molar-refractivity contribution in [2.45, 2.75) is 45.6 Å². The first-order valence-corrected chi connectivity index (χ1v) is 7.33. The van der Waals surface area contributed by atoms with Crippen molar-refractivity contribution in [2.24, 2.45) is 0 Å². The highest BCUT2D eigenvalue weighted by atomic mass is 16.5. The van der Waals surface area contributed by atoms with Gasteiger partial charge in [-0.05, 0) is 37.8 Å². The van der Waals surface area contributed by atoms with Gasteiger partial charge in [0.2, 0.25) is 5.91 Å². The number of amides is 1. The van der Waals surface area contributed by atoms with Crippen LogP contribution in [0.25, 0.3) is 0 Å². The first-order valence-electron chi connectivity index (χ1n) is 7.33. The molecule has 0 aliphatic carbocycles. The highest BCUT2D eigenvalue weighted by Crippen LogP contribution is 2.31. The van der Waals surface area contributed by atoms with E-state index >= 15 is 0 Å². The number of ether oxygens (including phenoxy) is 1. The van der Waals surface area contributed by atoms with Crippen LogP contribution in [0.1, 0.15) is 45.1 Å². The maximum atomic E-state index is 11.8. The Morgan fingerprint density at radius 2 is 1.95 bits per heavy atom. The molecular weight excluding hydrogens is 286 g/mol. The van der Waals surface area contributed by atoms with Gasteiger partial charge < -0.3 is 20.3 Å².